The number of fused-ring (bicyclic) bond motifs is 3. The molecule has 0 saturated heterocycles. The first kappa shape index (κ1) is 12.0. The predicted molar refractivity (Wildman–Crippen MR) is 107 cm³/mol. The number of rotatable bonds is 2. The molecule has 0 aliphatic carbocycles. The second kappa shape index (κ2) is 5.85. The summed E-state index contributed by atoms with van der Waals surface area (Å²) in [6, 6.07) is 25.3. The number of furan rings is 1. The normalized spacial score (nSPS) is 13.5. The predicted octanol–water partition coefficient (Wildman–Crippen LogP) is 6.62. The first-order chi connectivity index (χ1) is 14.0. The Morgan fingerprint density at radius 2 is 1.58 bits per heavy atom. The molecule has 0 saturated carbocycles. The lowest BCUT2D eigenvalue weighted by Gasteiger charge is -2.09. The van der Waals surface area contributed by atoms with Crippen LogP contribution in [-0.4, -0.2) is 4.98 Å². The van der Waals surface area contributed by atoms with Gasteiger partial charge in [-0.1, -0.05) is 54.6 Å². The van der Waals surface area contributed by atoms with Crippen LogP contribution in [0.25, 0.3) is 44.3 Å². The molecule has 0 bridgehead atoms. The van der Waals surface area contributed by atoms with Crippen molar-refractivity contribution in [2.45, 2.75) is 6.85 Å². The van der Waals surface area contributed by atoms with Crippen LogP contribution in [0.1, 0.15) is 9.68 Å². The zero-order valence-electron chi connectivity index (χ0n) is 16.9. The maximum atomic E-state index is 7.96. The van der Waals surface area contributed by atoms with E-state index in [0.29, 0.717) is 5.56 Å². The van der Waals surface area contributed by atoms with E-state index in [4.69, 9.17) is 8.53 Å². The Labute approximate surface area is 156 Å². The number of aryl methyl sites for hydroxylation is 1. The largest absolute Gasteiger partial charge is 0.456 e. The Hall–Kier alpha value is -3.39. The van der Waals surface area contributed by atoms with Gasteiger partial charge < -0.3 is 4.42 Å². The van der Waals surface area contributed by atoms with Gasteiger partial charge >= 0.3 is 0 Å². The van der Waals surface area contributed by atoms with E-state index >= 15 is 0 Å². The van der Waals surface area contributed by atoms with Crippen LogP contribution in [0.4, 0.5) is 0 Å². The molecular weight excluding hydrogens is 318 g/mol. The van der Waals surface area contributed by atoms with Gasteiger partial charge in [0.15, 0.2) is 0 Å². The van der Waals surface area contributed by atoms with E-state index in [1.807, 2.05) is 78.9 Å². The van der Waals surface area contributed by atoms with Crippen molar-refractivity contribution >= 4 is 21.9 Å². The van der Waals surface area contributed by atoms with Gasteiger partial charge in [0, 0.05) is 26.6 Å². The van der Waals surface area contributed by atoms with Crippen molar-refractivity contribution in [2.75, 3.05) is 0 Å². The minimum atomic E-state index is -2.26. The molecule has 0 radical (unpaired) electrons. The molecule has 124 valence electrons. The molecule has 0 aliphatic heterocycles. The maximum absolute atomic E-state index is 7.96. The number of benzene rings is 3. The van der Waals surface area contributed by atoms with E-state index in [0.717, 1.165) is 38.8 Å². The lowest BCUT2D eigenvalue weighted by atomic mass is 9.98. The quantitative estimate of drug-likeness (QED) is 0.361. The lowest BCUT2D eigenvalue weighted by Crippen LogP contribution is -1.89. The zero-order valence-corrected chi connectivity index (χ0v) is 13.9. The highest BCUT2D eigenvalue weighted by Gasteiger charge is 2.10. The minimum absolute atomic E-state index is 0.229. The number of hydrogen-bond donors (Lipinski definition) is 0. The summed E-state index contributed by atoms with van der Waals surface area (Å²) in [5, 5.41) is 2.06. The van der Waals surface area contributed by atoms with Crippen molar-refractivity contribution in [3.63, 3.8) is 0 Å². The average molecular weight is 338 g/mol. The summed E-state index contributed by atoms with van der Waals surface area (Å²) in [5.74, 6) is 0. The van der Waals surface area contributed by atoms with Crippen molar-refractivity contribution in [1.82, 2.24) is 4.98 Å². The Bertz CT molecular complexity index is 1340. The molecule has 0 amide bonds. The van der Waals surface area contributed by atoms with E-state index in [1.54, 1.807) is 0 Å². The third kappa shape index (κ3) is 2.39. The molecule has 2 nitrogen and oxygen atoms in total. The summed E-state index contributed by atoms with van der Waals surface area (Å²) < 4.78 is 29.9. The molecule has 2 heteroatoms. The van der Waals surface area contributed by atoms with Gasteiger partial charge in [-0.05, 0) is 47.8 Å². The number of aromatic nitrogens is 1. The van der Waals surface area contributed by atoms with E-state index in [1.165, 1.54) is 6.20 Å². The van der Waals surface area contributed by atoms with Gasteiger partial charge in [-0.25, -0.2) is 0 Å². The summed E-state index contributed by atoms with van der Waals surface area (Å²) >= 11 is 0. The fourth-order valence-corrected chi connectivity index (χ4v) is 3.35. The third-order valence-electron chi connectivity index (χ3n) is 4.66. The molecule has 2 heterocycles. The van der Waals surface area contributed by atoms with Crippen LogP contribution in [0.15, 0.2) is 89.5 Å². The first-order valence-electron chi connectivity index (χ1n) is 9.98. The van der Waals surface area contributed by atoms with Crippen LogP contribution in [0.5, 0.6) is 0 Å². The maximum Gasteiger partial charge on any atom is 0.136 e. The lowest BCUT2D eigenvalue weighted by molar-refractivity contribution is 0.669. The van der Waals surface area contributed by atoms with Gasteiger partial charge in [-0.15, -0.1) is 0 Å². The molecule has 26 heavy (non-hydrogen) atoms. The molecule has 5 rings (SSSR count). The Kier molecular flexibility index (Phi) is 2.71. The first-order valence-corrected chi connectivity index (χ1v) is 8.48. The van der Waals surface area contributed by atoms with E-state index < -0.39 is 6.85 Å². The molecule has 0 unspecified atom stereocenters. The summed E-state index contributed by atoms with van der Waals surface area (Å²) in [5.41, 5.74) is 4.89. The highest BCUT2D eigenvalue weighted by molar-refractivity contribution is 6.05. The van der Waals surface area contributed by atoms with Crippen LogP contribution in [-0.2, 0) is 0 Å². The van der Waals surface area contributed by atoms with Gasteiger partial charge in [-0.2, -0.15) is 0 Å². The molecule has 2 aromatic heterocycles. The minimum Gasteiger partial charge on any atom is -0.456 e. The molecular formula is C24H17NO. The summed E-state index contributed by atoms with van der Waals surface area (Å²) in [4.78, 5) is 4.42. The molecule has 0 fully saturated rings. The summed E-state index contributed by atoms with van der Waals surface area (Å²) in [6.45, 7) is -2.26. The van der Waals surface area contributed by atoms with Gasteiger partial charge in [-0.3, -0.25) is 4.98 Å². The van der Waals surface area contributed by atoms with Gasteiger partial charge in [0.05, 0.1) is 5.69 Å². The van der Waals surface area contributed by atoms with Gasteiger partial charge in [0.25, 0.3) is 0 Å². The average Bonchev–Trinajstić information content (AvgIpc) is 3.11. The molecule has 0 aliphatic rings. The van der Waals surface area contributed by atoms with E-state index in [-0.39, 0.29) is 5.56 Å². The summed E-state index contributed by atoms with van der Waals surface area (Å²) in [7, 11) is 0. The highest BCUT2D eigenvalue weighted by atomic mass is 16.3. The van der Waals surface area contributed by atoms with Crippen molar-refractivity contribution in [1.29, 1.82) is 0 Å². The number of pyridine rings is 1. The number of nitrogens with zero attached hydrogens (tertiary/aromatic N) is 1. The van der Waals surface area contributed by atoms with Crippen LogP contribution in [0.3, 0.4) is 0 Å². The Morgan fingerprint density at radius 1 is 0.769 bits per heavy atom. The smallest absolute Gasteiger partial charge is 0.136 e. The molecule has 0 atom stereocenters. The van der Waals surface area contributed by atoms with E-state index in [9.17, 15) is 0 Å². The molecule has 0 N–H and O–H groups in total. The van der Waals surface area contributed by atoms with Crippen molar-refractivity contribution in [2.24, 2.45) is 0 Å². The van der Waals surface area contributed by atoms with Gasteiger partial charge in [0.2, 0.25) is 0 Å². The van der Waals surface area contributed by atoms with Crippen molar-refractivity contribution in [3.05, 3.63) is 90.6 Å². The number of para-hydroxylation sites is 1. The third-order valence-corrected chi connectivity index (χ3v) is 4.66. The summed E-state index contributed by atoms with van der Waals surface area (Å²) in [6.07, 6.45) is 1.47. The number of hydrogen-bond acceptors (Lipinski definition) is 2. The second-order valence-electron chi connectivity index (χ2n) is 6.29. The van der Waals surface area contributed by atoms with Crippen LogP contribution >= 0.6 is 0 Å². The van der Waals surface area contributed by atoms with Gasteiger partial charge in [0.1, 0.15) is 11.2 Å². The standard InChI is InChI=1S/C24H17NO/c1-16-15-25-22(17-7-3-2-4-8-17)14-21(16)18-11-12-20-19-9-5-6-10-23(19)26-24(20)13-18/h2-15H,1H3/i1D3. The Morgan fingerprint density at radius 3 is 2.46 bits per heavy atom. The highest BCUT2D eigenvalue weighted by Crippen LogP contribution is 2.34. The SMILES string of the molecule is [2H]C([2H])([2H])c1cnc(-c2ccccc2)cc1-c1ccc2c(c1)oc1ccccc12. The van der Waals surface area contributed by atoms with Crippen LogP contribution in [0, 0.1) is 6.85 Å². The zero-order chi connectivity index (χ0) is 20.0. The van der Waals surface area contributed by atoms with Crippen molar-refractivity contribution in [3.8, 4) is 22.4 Å². The molecule has 5 aromatic rings. The fourth-order valence-electron chi connectivity index (χ4n) is 3.35. The topological polar surface area (TPSA) is 26.0 Å². The molecule has 3 aromatic carbocycles. The Balaban J connectivity index is 1.73. The monoisotopic (exact) mass is 338 g/mol. The van der Waals surface area contributed by atoms with Crippen LogP contribution in [0.2, 0.25) is 0 Å². The van der Waals surface area contributed by atoms with Crippen molar-refractivity contribution < 1.29 is 8.53 Å². The second-order valence-corrected chi connectivity index (χ2v) is 6.29. The van der Waals surface area contributed by atoms with E-state index in [2.05, 4.69) is 4.98 Å². The molecule has 0 spiro atoms. The van der Waals surface area contributed by atoms with Crippen LogP contribution < -0.4 is 0 Å². The fraction of sp³-hybridized carbons (Fsp3) is 0.0417.